The molecule has 0 saturated carbocycles. The average molecular weight is 858 g/mol. The number of carbonyl (C=O) groups is 2. The van der Waals surface area contributed by atoms with E-state index in [1.165, 1.54) is 154 Å². The minimum absolute atomic E-state index is 0.0722. The maximum Gasteiger partial charge on any atom is 0.306 e. The van der Waals surface area contributed by atoms with Gasteiger partial charge in [-0.3, -0.25) is 9.59 Å². The summed E-state index contributed by atoms with van der Waals surface area (Å²) < 4.78 is 5.92. The van der Waals surface area contributed by atoms with Crippen LogP contribution in [0.2, 0.25) is 0 Å². The summed E-state index contributed by atoms with van der Waals surface area (Å²) in [4.78, 5) is 26.1. The lowest BCUT2D eigenvalue weighted by Crippen LogP contribution is -2.46. The van der Waals surface area contributed by atoms with Crippen molar-refractivity contribution in [2.45, 2.75) is 296 Å². The summed E-state index contributed by atoms with van der Waals surface area (Å²) in [7, 11) is 0. The molecule has 0 aromatic carbocycles. The standard InChI is InChI=1S/C55H103NO5/c1-4-7-10-13-16-19-22-24-26-27-28-29-32-35-38-41-44-47-53(58)52(50-57)56-54(59)49-51(46-43-40-37-34-31-21-18-15-12-9-6-3)61-55(60)48-45-42-39-36-33-30-25-23-20-17-14-11-8-5-2/h8,11,17,20,25,30,51-53,57-58H,4-7,9-10,12-16,18-19,21-24,26-29,31-50H2,1-3H3,(H,56,59)/b11-8+,20-17+,30-25+. The number of carbonyl (C=O) groups excluding carboxylic acids is 2. The van der Waals surface area contributed by atoms with Crippen molar-refractivity contribution >= 4 is 11.9 Å². The number of allylic oxidation sites excluding steroid dienone is 6. The third-order valence-electron chi connectivity index (χ3n) is 12.2. The molecule has 3 unspecified atom stereocenters. The number of aliphatic hydroxyl groups is 2. The normalized spacial score (nSPS) is 13.5. The molecule has 0 rings (SSSR count). The largest absolute Gasteiger partial charge is 0.462 e. The molecule has 61 heavy (non-hydrogen) atoms. The summed E-state index contributed by atoms with van der Waals surface area (Å²) in [6, 6.07) is -0.703. The molecule has 0 aliphatic rings. The van der Waals surface area contributed by atoms with Gasteiger partial charge in [0.2, 0.25) is 5.91 Å². The third kappa shape index (κ3) is 44.5. The SMILES string of the molecule is CC/C=C/C/C=C/C/C=C/CCCCCCC(=O)OC(CCCCCCCCCCCCC)CC(=O)NC(CO)C(O)CCCCCCCCCCCCCCCCCCC. The Bertz CT molecular complexity index is 1010. The maximum absolute atomic E-state index is 13.2. The summed E-state index contributed by atoms with van der Waals surface area (Å²) in [5.74, 6) is -0.489. The van der Waals surface area contributed by atoms with E-state index in [0.717, 1.165) is 77.0 Å². The Labute approximate surface area is 379 Å². The van der Waals surface area contributed by atoms with Crippen molar-refractivity contribution in [3.05, 3.63) is 36.5 Å². The van der Waals surface area contributed by atoms with E-state index in [0.29, 0.717) is 19.3 Å². The molecule has 3 atom stereocenters. The highest BCUT2D eigenvalue weighted by Crippen LogP contribution is 2.18. The molecule has 0 aliphatic heterocycles. The second-order valence-electron chi connectivity index (χ2n) is 18.3. The molecule has 0 aromatic rings. The maximum atomic E-state index is 13.2. The van der Waals surface area contributed by atoms with Gasteiger partial charge in [0.05, 0.1) is 25.2 Å². The van der Waals surface area contributed by atoms with Gasteiger partial charge >= 0.3 is 5.97 Å². The van der Waals surface area contributed by atoms with E-state index in [-0.39, 0.29) is 24.9 Å². The van der Waals surface area contributed by atoms with Gasteiger partial charge in [0.1, 0.15) is 6.10 Å². The minimum Gasteiger partial charge on any atom is -0.462 e. The summed E-state index contributed by atoms with van der Waals surface area (Å²) in [6.07, 6.45) is 57.8. The third-order valence-corrected chi connectivity index (χ3v) is 12.2. The number of rotatable bonds is 48. The zero-order valence-electron chi connectivity index (χ0n) is 40.8. The molecule has 0 bridgehead atoms. The molecule has 0 heterocycles. The monoisotopic (exact) mass is 858 g/mol. The number of esters is 1. The summed E-state index contributed by atoms with van der Waals surface area (Å²) in [5.41, 5.74) is 0. The highest BCUT2D eigenvalue weighted by molar-refractivity contribution is 5.77. The topological polar surface area (TPSA) is 95.9 Å². The van der Waals surface area contributed by atoms with Crippen molar-refractivity contribution in [2.75, 3.05) is 6.61 Å². The molecule has 358 valence electrons. The van der Waals surface area contributed by atoms with Gasteiger partial charge in [-0.2, -0.15) is 0 Å². The Morgan fingerprint density at radius 3 is 1.34 bits per heavy atom. The van der Waals surface area contributed by atoms with Gasteiger partial charge in [0, 0.05) is 6.42 Å². The number of ether oxygens (including phenoxy) is 1. The Kier molecular flexibility index (Phi) is 47.6. The van der Waals surface area contributed by atoms with Gasteiger partial charge in [-0.15, -0.1) is 0 Å². The number of unbranched alkanes of at least 4 members (excludes halogenated alkanes) is 30. The molecular weight excluding hydrogens is 755 g/mol. The van der Waals surface area contributed by atoms with Crippen LogP contribution in [-0.4, -0.2) is 46.9 Å². The smallest absolute Gasteiger partial charge is 0.306 e. The Hall–Kier alpha value is -1.92. The average Bonchev–Trinajstić information content (AvgIpc) is 3.25. The highest BCUT2D eigenvalue weighted by Gasteiger charge is 2.24. The van der Waals surface area contributed by atoms with Crippen LogP contribution >= 0.6 is 0 Å². The molecule has 0 fully saturated rings. The molecular formula is C55H103NO5. The van der Waals surface area contributed by atoms with Gasteiger partial charge in [0.25, 0.3) is 0 Å². The molecule has 0 radical (unpaired) electrons. The van der Waals surface area contributed by atoms with Crippen LogP contribution < -0.4 is 5.32 Å². The van der Waals surface area contributed by atoms with Crippen molar-refractivity contribution in [2.24, 2.45) is 0 Å². The summed E-state index contributed by atoms with van der Waals surface area (Å²) in [5, 5.41) is 23.8. The second-order valence-corrected chi connectivity index (χ2v) is 18.3. The molecule has 0 spiro atoms. The first-order chi connectivity index (χ1) is 30.0. The number of hydrogen-bond acceptors (Lipinski definition) is 5. The van der Waals surface area contributed by atoms with E-state index in [4.69, 9.17) is 4.74 Å². The fraction of sp³-hybridized carbons (Fsp3) is 0.855. The first-order valence-electron chi connectivity index (χ1n) is 26.7. The lowest BCUT2D eigenvalue weighted by Gasteiger charge is -2.24. The van der Waals surface area contributed by atoms with Crippen molar-refractivity contribution in [3.8, 4) is 0 Å². The van der Waals surface area contributed by atoms with Gasteiger partial charge in [-0.05, 0) is 57.8 Å². The van der Waals surface area contributed by atoms with Gasteiger partial charge in [-0.1, -0.05) is 243 Å². The van der Waals surface area contributed by atoms with Crippen LogP contribution in [0.4, 0.5) is 0 Å². The Balaban J connectivity index is 4.48. The van der Waals surface area contributed by atoms with Crippen LogP contribution in [0.25, 0.3) is 0 Å². The van der Waals surface area contributed by atoms with Crippen LogP contribution in [0.3, 0.4) is 0 Å². The number of amides is 1. The molecule has 0 saturated heterocycles. The quantitative estimate of drug-likeness (QED) is 0.0322. The van der Waals surface area contributed by atoms with Crippen LogP contribution in [0.1, 0.15) is 278 Å². The van der Waals surface area contributed by atoms with Crippen molar-refractivity contribution < 1.29 is 24.5 Å². The van der Waals surface area contributed by atoms with E-state index in [1.54, 1.807) is 0 Å². The molecule has 3 N–H and O–H groups in total. The molecule has 6 heteroatoms. The first-order valence-corrected chi connectivity index (χ1v) is 26.7. The predicted molar refractivity (Wildman–Crippen MR) is 264 cm³/mol. The summed E-state index contributed by atoms with van der Waals surface area (Å²) in [6.45, 7) is 6.38. The second kappa shape index (κ2) is 49.1. The van der Waals surface area contributed by atoms with Gasteiger partial charge in [0.15, 0.2) is 0 Å². The van der Waals surface area contributed by atoms with E-state index < -0.39 is 18.2 Å². The zero-order chi connectivity index (χ0) is 44.5. The fourth-order valence-electron chi connectivity index (χ4n) is 8.21. The van der Waals surface area contributed by atoms with E-state index in [2.05, 4.69) is 62.5 Å². The van der Waals surface area contributed by atoms with Crippen LogP contribution in [-0.2, 0) is 14.3 Å². The van der Waals surface area contributed by atoms with E-state index in [1.807, 2.05) is 0 Å². The van der Waals surface area contributed by atoms with Gasteiger partial charge < -0.3 is 20.3 Å². The minimum atomic E-state index is -0.789. The highest BCUT2D eigenvalue weighted by atomic mass is 16.5. The Morgan fingerprint density at radius 1 is 0.492 bits per heavy atom. The van der Waals surface area contributed by atoms with Crippen LogP contribution in [0.15, 0.2) is 36.5 Å². The van der Waals surface area contributed by atoms with Crippen molar-refractivity contribution in [3.63, 3.8) is 0 Å². The predicted octanol–water partition coefficient (Wildman–Crippen LogP) is 16.1. The molecule has 6 nitrogen and oxygen atoms in total. The summed E-state index contributed by atoms with van der Waals surface area (Å²) >= 11 is 0. The first kappa shape index (κ1) is 59.1. The van der Waals surface area contributed by atoms with Crippen molar-refractivity contribution in [1.82, 2.24) is 5.32 Å². The number of nitrogens with one attached hydrogen (secondary N) is 1. The zero-order valence-corrected chi connectivity index (χ0v) is 40.8. The van der Waals surface area contributed by atoms with E-state index >= 15 is 0 Å². The van der Waals surface area contributed by atoms with E-state index in [9.17, 15) is 19.8 Å². The lowest BCUT2D eigenvalue weighted by atomic mass is 10.0. The fourth-order valence-corrected chi connectivity index (χ4v) is 8.21. The molecule has 1 amide bonds. The van der Waals surface area contributed by atoms with Crippen LogP contribution in [0.5, 0.6) is 0 Å². The van der Waals surface area contributed by atoms with Crippen molar-refractivity contribution in [1.29, 1.82) is 0 Å². The van der Waals surface area contributed by atoms with Gasteiger partial charge in [-0.25, -0.2) is 0 Å². The number of aliphatic hydroxyl groups excluding tert-OH is 2. The Morgan fingerprint density at radius 2 is 0.885 bits per heavy atom. The molecule has 0 aromatic heterocycles. The molecule has 0 aliphatic carbocycles. The lowest BCUT2D eigenvalue weighted by molar-refractivity contribution is -0.151. The van der Waals surface area contributed by atoms with Crippen LogP contribution in [0, 0.1) is 0 Å². The number of hydrogen-bond donors (Lipinski definition) is 3.